The molecular formula is C16H24FNO2. The highest BCUT2D eigenvalue weighted by Crippen LogP contribution is 2.23. The average molecular weight is 281 g/mol. The predicted molar refractivity (Wildman–Crippen MR) is 77.2 cm³/mol. The Kier molecular flexibility index (Phi) is 4.66. The Hall–Kier alpha value is -1.13. The minimum absolute atomic E-state index is 0.0760. The van der Waals surface area contributed by atoms with Crippen molar-refractivity contribution >= 4 is 0 Å². The maximum Gasteiger partial charge on any atom is 0.127 e. The van der Waals surface area contributed by atoms with Gasteiger partial charge in [-0.05, 0) is 43.4 Å². The molecule has 0 bridgehead atoms. The van der Waals surface area contributed by atoms with E-state index in [-0.39, 0.29) is 18.3 Å². The third-order valence-corrected chi connectivity index (χ3v) is 3.88. The Labute approximate surface area is 120 Å². The van der Waals surface area contributed by atoms with Gasteiger partial charge in [0, 0.05) is 18.7 Å². The Balaban J connectivity index is 1.96. The zero-order valence-electron chi connectivity index (χ0n) is 12.4. The first kappa shape index (κ1) is 15.3. The first-order chi connectivity index (χ1) is 9.37. The molecule has 1 unspecified atom stereocenters. The number of halogens is 1. The highest BCUT2D eigenvalue weighted by molar-refractivity contribution is 5.29. The average Bonchev–Trinajstić information content (AvgIpc) is 3.17. The molecule has 0 aliphatic heterocycles. The van der Waals surface area contributed by atoms with Gasteiger partial charge in [0.1, 0.15) is 18.2 Å². The van der Waals surface area contributed by atoms with Crippen LogP contribution in [0, 0.1) is 11.7 Å². The van der Waals surface area contributed by atoms with Crippen LogP contribution in [0.25, 0.3) is 0 Å². The van der Waals surface area contributed by atoms with E-state index in [1.807, 2.05) is 19.9 Å². The van der Waals surface area contributed by atoms with Gasteiger partial charge in [0.25, 0.3) is 0 Å². The van der Waals surface area contributed by atoms with E-state index in [4.69, 9.17) is 4.74 Å². The lowest BCUT2D eigenvalue weighted by Gasteiger charge is -2.27. The van der Waals surface area contributed by atoms with E-state index in [0.29, 0.717) is 18.3 Å². The standard InChI is InChI=1S/C16H24FNO2/c1-11(2)16(3,19)10-20-15-7-12(6-13(17)8-15)9-18-14-4-5-14/h6-8,11,14,18-19H,4-5,9-10H2,1-3H3. The van der Waals surface area contributed by atoms with Crippen molar-refractivity contribution in [2.45, 2.75) is 51.8 Å². The smallest absolute Gasteiger partial charge is 0.127 e. The fourth-order valence-electron chi connectivity index (χ4n) is 1.75. The normalized spacial score (nSPS) is 18.1. The van der Waals surface area contributed by atoms with E-state index in [1.165, 1.54) is 25.0 Å². The van der Waals surface area contributed by atoms with Gasteiger partial charge in [-0.1, -0.05) is 13.8 Å². The molecule has 1 aromatic carbocycles. The Morgan fingerprint density at radius 1 is 1.40 bits per heavy atom. The van der Waals surface area contributed by atoms with Crippen LogP contribution in [0.2, 0.25) is 0 Å². The van der Waals surface area contributed by atoms with Gasteiger partial charge in [-0.15, -0.1) is 0 Å². The molecule has 0 heterocycles. The van der Waals surface area contributed by atoms with Crippen LogP contribution in [0.4, 0.5) is 4.39 Å². The zero-order valence-corrected chi connectivity index (χ0v) is 12.4. The molecule has 2 N–H and O–H groups in total. The molecule has 0 radical (unpaired) electrons. The molecule has 1 aliphatic carbocycles. The fraction of sp³-hybridized carbons (Fsp3) is 0.625. The first-order valence-electron chi connectivity index (χ1n) is 7.25. The molecule has 0 spiro atoms. The molecule has 2 rings (SSSR count). The molecule has 1 aromatic rings. The van der Waals surface area contributed by atoms with Gasteiger partial charge in [-0.3, -0.25) is 0 Å². The summed E-state index contributed by atoms with van der Waals surface area (Å²) in [7, 11) is 0. The molecule has 1 saturated carbocycles. The van der Waals surface area contributed by atoms with E-state index in [9.17, 15) is 9.50 Å². The minimum Gasteiger partial charge on any atom is -0.490 e. The lowest BCUT2D eigenvalue weighted by Crippen LogP contribution is -2.37. The second-order valence-electron chi connectivity index (χ2n) is 6.25. The van der Waals surface area contributed by atoms with Crippen molar-refractivity contribution in [3.8, 4) is 5.75 Å². The second-order valence-corrected chi connectivity index (χ2v) is 6.25. The van der Waals surface area contributed by atoms with Crippen molar-refractivity contribution in [1.29, 1.82) is 0 Å². The van der Waals surface area contributed by atoms with Crippen LogP contribution < -0.4 is 10.1 Å². The van der Waals surface area contributed by atoms with Gasteiger partial charge in [0.05, 0.1) is 5.60 Å². The number of rotatable bonds is 7. The first-order valence-corrected chi connectivity index (χ1v) is 7.25. The van der Waals surface area contributed by atoms with Crippen molar-refractivity contribution < 1.29 is 14.2 Å². The maximum atomic E-state index is 13.6. The van der Waals surface area contributed by atoms with Crippen LogP contribution in [0.1, 0.15) is 39.2 Å². The second kappa shape index (κ2) is 6.10. The molecule has 1 aliphatic rings. The highest BCUT2D eigenvalue weighted by atomic mass is 19.1. The number of hydrogen-bond acceptors (Lipinski definition) is 3. The predicted octanol–water partition coefficient (Wildman–Crippen LogP) is 2.86. The summed E-state index contributed by atoms with van der Waals surface area (Å²) in [5.74, 6) is 0.241. The van der Waals surface area contributed by atoms with Crippen LogP contribution >= 0.6 is 0 Å². The summed E-state index contributed by atoms with van der Waals surface area (Å²) >= 11 is 0. The van der Waals surface area contributed by atoms with Crippen molar-refractivity contribution in [1.82, 2.24) is 5.32 Å². The summed E-state index contributed by atoms with van der Waals surface area (Å²) in [6, 6.07) is 5.29. The van der Waals surface area contributed by atoms with Crippen LogP contribution in [-0.4, -0.2) is 23.4 Å². The third-order valence-electron chi connectivity index (χ3n) is 3.88. The summed E-state index contributed by atoms with van der Waals surface area (Å²) < 4.78 is 19.1. The van der Waals surface area contributed by atoms with Gasteiger partial charge in [0.2, 0.25) is 0 Å². The van der Waals surface area contributed by atoms with Gasteiger partial charge in [-0.2, -0.15) is 0 Å². The minimum atomic E-state index is -0.918. The van der Waals surface area contributed by atoms with E-state index in [0.717, 1.165) is 5.56 Å². The molecule has 1 fully saturated rings. The van der Waals surface area contributed by atoms with Crippen LogP contribution in [0.5, 0.6) is 5.75 Å². The lowest BCUT2D eigenvalue weighted by molar-refractivity contribution is -0.0267. The van der Waals surface area contributed by atoms with Crippen molar-refractivity contribution in [2.75, 3.05) is 6.61 Å². The SMILES string of the molecule is CC(C)C(C)(O)COc1cc(F)cc(CNC2CC2)c1. The van der Waals surface area contributed by atoms with Crippen molar-refractivity contribution in [2.24, 2.45) is 5.92 Å². The topological polar surface area (TPSA) is 41.5 Å². The summed E-state index contributed by atoms with van der Waals surface area (Å²) in [4.78, 5) is 0. The zero-order chi connectivity index (χ0) is 14.8. The Bertz CT molecular complexity index is 456. The molecule has 20 heavy (non-hydrogen) atoms. The molecule has 112 valence electrons. The van der Waals surface area contributed by atoms with Gasteiger partial charge < -0.3 is 15.2 Å². The molecule has 0 saturated heterocycles. The quantitative estimate of drug-likeness (QED) is 0.807. The lowest BCUT2D eigenvalue weighted by atomic mass is 9.94. The molecule has 1 atom stereocenters. The van der Waals surface area contributed by atoms with Crippen molar-refractivity contribution in [3.63, 3.8) is 0 Å². The highest BCUT2D eigenvalue weighted by Gasteiger charge is 2.26. The number of aliphatic hydroxyl groups is 1. The summed E-state index contributed by atoms with van der Waals surface area (Å²) in [5, 5.41) is 13.5. The summed E-state index contributed by atoms with van der Waals surface area (Å²) in [5.41, 5.74) is -0.0465. The Morgan fingerprint density at radius 3 is 2.70 bits per heavy atom. The van der Waals surface area contributed by atoms with E-state index >= 15 is 0 Å². The summed E-state index contributed by atoms with van der Waals surface area (Å²) in [6.07, 6.45) is 2.41. The van der Waals surface area contributed by atoms with Crippen LogP contribution in [0.15, 0.2) is 18.2 Å². The Morgan fingerprint density at radius 2 is 2.10 bits per heavy atom. The number of ether oxygens (including phenoxy) is 1. The van der Waals surface area contributed by atoms with Gasteiger partial charge in [0.15, 0.2) is 0 Å². The number of nitrogens with one attached hydrogen (secondary N) is 1. The van der Waals surface area contributed by atoms with E-state index < -0.39 is 5.60 Å². The molecule has 0 aromatic heterocycles. The van der Waals surface area contributed by atoms with E-state index in [2.05, 4.69) is 5.32 Å². The van der Waals surface area contributed by atoms with E-state index in [1.54, 1.807) is 6.92 Å². The molecule has 4 heteroatoms. The maximum absolute atomic E-state index is 13.6. The van der Waals surface area contributed by atoms with Crippen LogP contribution in [0.3, 0.4) is 0 Å². The number of benzene rings is 1. The summed E-state index contributed by atoms with van der Waals surface area (Å²) in [6.45, 7) is 6.40. The fourth-order valence-corrected chi connectivity index (χ4v) is 1.75. The molecular weight excluding hydrogens is 257 g/mol. The third kappa shape index (κ3) is 4.46. The monoisotopic (exact) mass is 281 g/mol. The van der Waals surface area contributed by atoms with Crippen LogP contribution in [-0.2, 0) is 6.54 Å². The van der Waals surface area contributed by atoms with Gasteiger partial charge >= 0.3 is 0 Å². The van der Waals surface area contributed by atoms with Gasteiger partial charge in [-0.25, -0.2) is 4.39 Å². The molecule has 0 amide bonds. The largest absolute Gasteiger partial charge is 0.490 e. The van der Waals surface area contributed by atoms with Crippen molar-refractivity contribution in [3.05, 3.63) is 29.6 Å². The number of hydrogen-bond donors (Lipinski definition) is 2. The molecule has 3 nitrogen and oxygen atoms in total.